The molecule has 152 valence electrons. The molecule has 28 heavy (non-hydrogen) atoms. The molecule has 1 aliphatic rings. The van der Waals surface area contributed by atoms with Crippen molar-refractivity contribution in [2.45, 2.75) is 58.5 Å². The Bertz CT molecular complexity index is 877. The molecule has 2 heterocycles. The predicted molar refractivity (Wildman–Crippen MR) is 111 cm³/mol. The number of fused-ring (bicyclic) bond motifs is 1. The van der Waals surface area contributed by atoms with Crippen LogP contribution in [-0.2, 0) is 9.53 Å². The fraction of sp³-hybridized carbons (Fsp3) is 0.579. The van der Waals surface area contributed by atoms with E-state index in [1.54, 1.807) is 44.9 Å². The number of hydrogen-bond acceptors (Lipinski definition) is 6. The molecule has 1 saturated carbocycles. The van der Waals surface area contributed by atoms with E-state index >= 15 is 0 Å². The monoisotopic (exact) mass is 406 g/mol. The summed E-state index contributed by atoms with van der Waals surface area (Å²) in [5.74, 6) is 0.137. The normalized spacial score (nSPS) is 15.6. The third-order valence-electron chi connectivity index (χ3n) is 4.96. The van der Waals surface area contributed by atoms with Gasteiger partial charge in [0.05, 0.1) is 20.8 Å². The van der Waals surface area contributed by atoms with E-state index < -0.39 is 18.8 Å². The van der Waals surface area contributed by atoms with Gasteiger partial charge in [-0.1, -0.05) is 19.3 Å². The highest BCUT2D eigenvalue weighted by Crippen LogP contribution is 2.35. The standard InChI is InChI=1S/C19H27BN2O5S/c1-19(2,3)27-18(24)22-13-10-16(28-14(13)11-15(22)20(25)26)21(4)17(23)12-8-6-5-7-9-12/h10-12,25-26H,5-9H2,1-4H3. The fourth-order valence-corrected chi connectivity index (χ4v) is 4.65. The summed E-state index contributed by atoms with van der Waals surface area (Å²) in [4.78, 5) is 27.1. The van der Waals surface area contributed by atoms with Crippen molar-refractivity contribution in [3.63, 3.8) is 0 Å². The van der Waals surface area contributed by atoms with Crippen LogP contribution in [0, 0.1) is 5.92 Å². The lowest BCUT2D eigenvalue weighted by Crippen LogP contribution is -2.41. The van der Waals surface area contributed by atoms with Crippen LogP contribution < -0.4 is 10.5 Å². The van der Waals surface area contributed by atoms with Crippen LogP contribution in [0.25, 0.3) is 10.2 Å². The van der Waals surface area contributed by atoms with Gasteiger partial charge in [0.15, 0.2) is 0 Å². The van der Waals surface area contributed by atoms with Crippen molar-refractivity contribution in [3.8, 4) is 0 Å². The lowest BCUT2D eigenvalue weighted by atomic mass is 9.86. The highest BCUT2D eigenvalue weighted by atomic mass is 32.1. The molecule has 0 aliphatic heterocycles. The Balaban J connectivity index is 1.94. The van der Waals surface area contributed by atoms with Gasteiger partial charge in [0.2, 0.25) is 5.91 Å². The number of carbonyl (C=O) groups excluding carboxylic acids is 2. The van der Waals surface area contributed by atoms with Gasteiger partial charge in [-0.05, 0) is 45.7 Å². The van der Waals surface area contributed by atoms with E-state index in [0.717, 1.165) is 30.7 Å². The number of nitrogens with zero attached hydrogens (tertiary/aromatic N) is 2. The molecule has 0 radical (unpaired) electrons. The SMILES string of the molecule is CN(C(=O)C1CCCCC1)c1cc2c(cc(B(O)O)n2C(=O)OC(C)(C)C)s1. The summed E-state index contributed by atoms with van der Waals surface area (Å²) in [6.45, 7) is 5.24. The molecule has 1 amide bonds. The second-order valence-corrected chi connectivity index (χ2v) is 9.39. The minimum absolute atomic E-state index is 0.0445. The van der Waals surface area contributed by atoms with Crippen molar-refractivity contribution in [2.24, 2.45) is 5.92 Å². The van der Waals surface area contributed by atoms with Gasteiger partial charge in [0.25, 0.3) is 0 Å². The molecule has 2 aromatic rings. The summed E-state index contributed by atoms with van der Waals surface area (Å²) >= 11 is 1.34. The second kappa shape index (κ2) is 7.89. The van der Waals surface area contributed by atoms with Crippen LogP contribution in [-0.4, -0.2) is 46.4 Å². The number of aromatic nitrogens is 1. The molecule has 0 atom stereocenters. The molecular formula is C19H27BN2O5S. The molecule has 3 rings (SSSR count). The van der Waals surface area contributed by atoms with Crippen molar-refractivity contribution in [3.05, 3.63) is 12.1 Å². The molecule has 2 aromatic heterocycles. The predicted octanol–water partition coefficient (Wildman–Crippen LogP) is 2.71. The average molecular weight is 406 g/mol. The molecule has 2 N–H and O–H groups in total. The first-order chi connectivity index (χ1) is 13.1. The van der Waals surface area contributed by atoms with Crippen molar-refractivity contribution >= 4 is 51.3 Å². The van der Waals surface area contributed by atoms with Gasteiger partial charge in [0.1, 0.15) is 5.60 Å². The van der Waals surface area contributed by atoms with Crippen molar-refractivity contribution in [1.82, 2.24) is 4.57 Å². The van der Waals surface area contributed by atoms with E-state index in [0.29, 0.717) is 10.2 Å². The Hall–Kier alpha value is -1.84. The van der Waals surface area contributed by atoms with E-state index in [1.165, 1.54) is 22.3 Å². The molecule has 0 unspecified atom stereocenters. The van der Waals surface area contributed by atoms with E-state index in [9.17, 15) is 19.6 Å². The minimum Gasteiger partial charge on any atom is -0.443 e. The van der Waals surface area contributed by atoms with Crippen molar-refractivity contribution < 1.29 is 24.4 Å². The highest BCUT2D eigenvalue weighted by molar-refractivity contribution is 7.23. The first-order valence-corrected chi connectivity index (χ1v) is 10.4. The van der Waals surface area contributed by atoms with Gasteiger partial charge >= 0.3 is 13.2 Å². The van der Waals surface area contributed by atoms with Gasteiger partial charge in [-0.25, -0.2) is 4.79 Å². The van der Waals surface area contributed by atoms with E-state index in [4.69, 9.17) is 4.74 Å². The molecule has 1 fully saturated rings. The van der Waals surface area contributed by atoms with E-state index in [1.807, 2.05) is 0 Å². The summed E-state index contributed by atoms with van der Waals surface area (Å²) in [5, 5.41) is 20.1. The zero-order valence-corrected chi connectivity index (χ0v) is 17.6. The maximum absolute atomic E-state index is 12.8. The lowest BCUT2D eigenvalue weighted by Gasteiger charge is -2.25. The molecule has 7 nitrogen and oxygen atoms in total. The lowest BCUT2D eigenvalue weighted by molar-refractivity contribution is -0.122. The number of rotatable bonds is 3. The maximum atomic E-state index is 12.8. The first kappa shape index (κ1) is 20.9. The molecule has 0 spiro atoms. The Morgan fingerprint density at radius 3 is 2.43 bits per heavy atom. The van der Waals surface area contributed by atoms with Crippen LogP contribution in [0.4, 0.5) is 9.80 Å². The van der Waals surface area contributed by atoms with Gasteiger partial charge < -0.3 is 19.7 Å². The average Bonchev–Trinajstić information content (AvgIpc) is 3.17. The largest absolute Gasteiger partial charge is 0.506 e. The number of anilines is 1. The van der Waals surface area contributed by atoms with Crippen LogP contribution in [0.2, 0.25) is 0 Å². The van der Waals surface area contributed by atoms with Crippen LogP contribution in [0.1, 0.15) is 52.9 Å². The summed E-state index contributed by atoms with van der Waals surface area (Å²) in [7, 11) is -0.0569. The molecule has 0 bridgehead atoms. The zero-order chi connectivity index (χ0) is 20.6. The Morgan fingerprint density at radius 1 is 1.21 bits per heavy atom. The summed E-state index contributed by atoms with van der Waals surface area (Å²) < 4.78 is 7.28. The number of hydrogen-bond donors (Lipinski definition) is 2. The number of amides is 1. The van der Waals surface area contributed by atoms with Crippen LogP contribution >= 0.6 is 11.3 Å². The highest BCUT2D eigenvalue weighted by Gasteiger charge is 2.30. The summed E-state index contributed by atoms with van der Waals surface area (Å²) in [5.41, 5.74) is -0.179. The van der Waals surface area contributed by atoms with Crippen LogP contribution in [0.15, 0.2) is 12.1 Å². The maximum Gasteiger partial charge on any atom is 0.506 e. The van der Waals surface area contributed by atoms with E-state index in [-0.39, 0.29) is 17.4 Å². The third kappa shape index (κ3) is 4.26. The number of ether oxygens (including phenoxy) is 1. The van der Waals surface area contributed by atoms with Crippen molar-refractivity contribution in [2.75, 3.05) is 11.9 Å². The minimum atomic E-state index is -1.81. The fourth-order valence-electron chi connectivity index (χ4n) is 3.60. The van der Waals surface area contributed by atoms with Crippen molar-refractivity contribution in [1.29, 1.82) is 0 Å². The van der Waals surface area contributed by atoms with Gasteiger partial charge in [-0.3, -0.25) is 9.36 Å². The quantitative estimate of drug-likeness (QED) is 0.765. The van der Waals surface area contributed by atoms with Crippen LogP contribution in [0.5, 0.6) is 0 Å². The molecule has 1 aliphatic carbocycles. The Labute approximate surface area is 169 Å². The smallest absolute Gasteiger partial charge is 0.443 e. The van der Waals surface area contributed by atoms with Gasteiger partial charge in [-0.15, -0.1) is 11.3 Å². The Morgan fingerprint density at radius 2 is 1.86 bits per heavy atom. The number of thiophene rings is 1. The molecule has 0 aromatic carbocycles. The molecule has 9 heteroatoms. The summed E-state index contributed by atoms with van der Waals surface area (Å²) in [6, 6.07) is 3.29. The second-order valence-electron chi connectivity index (χ2n) is 8.32. The molecule has 0 saturated heterocycles. The third-order valence-corrected chi connectivity index (χ3v) is 6.11. The first-order valence-electron chi connectivity index (χ1n) is 9.60. The molecular weight excluding hydrogens is 379 g/mol. The summed E-state index contributed by atoms with van der Waals surface area (Å²) in [6.07, 6.45) is 4.49. The number of carbonyl (C=O) groups is 2. The van der Waals surface area contributed by atoms with Crippen LogP contribution in [0.3, 0.4) is 0 Å². The Kier molecular flexibility index (Phi) is 5.88. The van der Waals surface area contributed by atoms with Gasteiger partial charge in [-0.2, -0.15) is 0 Å². The zero-order valence-electron chi connectivity index (χ0n) is 16.8. The topological polar surface area (TPSA) is 92.0 Å². The van der Waals surface area contributed by atoms with Gasteiger partial charge in [0, 0.05) is 13.0 Å². The van der Waals surface area contributed by atoms with E-state index in [2.05, 4.69) is 0 Å².